The molecule has 2 aromatic carbocycles. The largest absolute Gasteiger partial charge is 0.445 e. The molecule has 0 saturated carbocycles. The van der Waals surface area contributed by atoms with Gasteiger partial charge in [-0.05, 0) is 85.0 Å². The number of nitrogens with two attached hydrogens (primary N) is 2. The Balaban J connectivity index is 1.39. The maximum atomic E-state index is 14.8. The number of nitrogens with zero attached hydrogens (tertiary/aromatic N) is 4. The van der Waals surface area contributed by atoms with Gasteiger partial charge in [0.25, 0.3) is 0 Å². The third-order valence-corrected chi connectivity index (χ3v) is 17.6. The summed E-state index contributed by atoms with van der Waals surface area (Å²) < 4.78 is 11.8. The molecule has 454 valence electrons. The predicted molar refractivity (Wildman–Crippen MR) is 321 cm³/mol. The summed E-state index contributed by atoms with van der Waals surface area (Å²) >= 11 is 1.55. The second kappa shape index (κ2) is 33.3. The van der Waals surface area contributed by atoms with E-state index in [4.69, 9.17) is 20.9 Å². The van der Waals surface area contributed by atoms with E-state index in [0.717, 1.165) is 23.4 Å². The number of hydrogen-bond acceptors (Lipinski definition) is 13. The number of ether oxygens (including phenoxy) is 2. The van der Waals surface area contributed by atoms with Crippen LogP contribution in [0.3, 0.4) is 0 Å². The molecule has 6 amide bonds. The third kappa shape index (κ3) is 19.8. The van der Waals surface area contributed by atoms with Crippen LogP contribution in [-0.4, -0.2) is 131 Å². The first-order chi connectivity index (χ1) is 38.8. The summed E-state index contributed by atoms with van der Waals surface area (Å²) in [4.78, 5) is 119. The third-order valence-electron chi connectivity index (χ3n) is 16.7. The second-order valence-corrected chi connectivity index (χ2v) is 24.8. The number of benzene rings is 2. The first-order valence-electron chi connectivity index (χ1n) is 29.5. The molecule has 4 rings (SSSR count). The summed E-state index contributed by atoms with van der Waals surface area (Å²) in [5.74, 6) is -3.93. The number of rotatable bonds is 34. The average Bonchev–Trinajstić information content (AvgIpc) is 4.31. The number of carbonyl (C=O) groups excluding carboxylic acids is 8. The lowest BCUT2D eigenvalue weighted by molar-refractivity contribution is -0.145. The number of thiazole rings is 1. The molecule has 1 fully saturated rings. The second-order valence-electron chi connectivity index (χ2n) is 23.9. The molecule has 82 heavy (non-hydrogen) atoms. The number of likely N-dealkylation sites (tertiary alicyclic amines) is 1. The van der Waals surface area contributed by atoms with E-state index in [2.05, 4.69) is 41.6 Å². The van der Waals surface area contributed by atoms with Gasteiger partial charge < -0.3 is 46.3 Å². The number of methoxy groups -OCH3 is 1. The van der Waals surface area contributed by atoms with E-state index < -0.39 is 48.1 Å². The highest BCUT2D eigenvalue weighted by atomic mass is 32.1. The van der Waals surface area contributed by atoms with Gasteiger partial charge in [0, 0.05) is 107 Å². The molecule has 6 N–H and O–H groups in total. The van der Waals surface area contributed by atoms with Gasteiger partial charge in [-0.1, -0.05) is 118 Å². The van der Waals surface area contributed by atoms with Gasteiger partial charge in [0.15, 0.2) is 11.6 Å². The number of anilines is 1. The molecule has 1 aliphatic rings. The first kappa shape index (κ1) is 68.4. The maximum absolute atomic E-state index is 14.8. The minimum atomic E-state index is -0.899. The van der Waals surface area contributed by atoms with Crippen LogP contribution >= 0.6 is 11.3 Å². The zero-order chi connectivity index (χ0) is 61.0. The number of carbonyl (C=O) groups is 8. The van der Waals surface area contributed by atoms with Gasteiger partial charge >= 0.3 is 12.1 Å². The smallest absolute Gasteiger partial charge is 0.410 e. The van der Waals surface area contributed by atoms with Gasteiger partial charge in [0.05, 0.1) is 29.2 Å². The van der Waals surface area contributed by atoms with Crippen molar-refractivity contribution in [1.29, 1.82) is 0 Å². The lowest BCUT2D eigenvalue weighted by atomic mass is 9.82. The monoisotopic (exact) mass is 1160 g/mol. The van der Waals surface area contributed by atoms with Crippen LogP contribution in [-0.2, 0) is 51.3 Å². The number of Topliss-reactive ketones (excluding diaryl/α,β-unsaturated/α-hetero) is 3. The van der Waals surface area contributed by atoms with Crippen molar-refractivity contribution >= 4 is 64.2 Å². The van der Waals surface area contributed by atoms with E-state index in [-0.39, 0.29) is 115 Å². The van der Waals surface area contributed by atoms with Crippen molar-refractivity contribution in [2.75, 3.05) is 39.6 Å². The van der Waals surface area contributed by atoms with Gasteiger partial charge in [-0.2, -0.15) is 0 Å². The predicted octanol–water partition coefficient (Wildman–Crippen LogP) is 9.44. The van der Waals surface area contributed by atoms with Crippen molar-refractivity contribution in [1.82, 2.24) is 25.0 Å². The highest BCUT2D eigenvalue weighted by Crippen LogP contribution is 2.35. The maximum Gasteiger partial charge on any atom is 0.410 e. The average molecular weight is 1160 g/mol. The van der Waals surface area contributed by atoms with E-state index in [1.54, 1.807) is 60.9 Å². The number of primary amides is 1. The molecule has 1 aromatic heterocycles. The van der Waals surface area contributed by atoms with Crippen LogP contribution < -0.4 is 22.1 Å². The van der Waals surface area contributed by atoms with E-state index in [1.807, 2.05) is 83.9 Å². The summed E-state index contributed by atoms with van der Waals surface area (Å²) in [5.41, 5.74) is 13.5. The minimum Gasteiger partial charge on any atom is -0.445 e. The zero-order valence-electron chi connectivity index (χ0n) is 51.1. The van der Waals surface area contributed by atoms with Crippen LogP contribution in [0.2, 0.25) is 0 Å². The number of ketones is 3. The van der Waals surface area contributed by atoms with Crippen LogP contribution in [0.25, 0.3) is 0 Å². The fourth-order valence-electron chi connectivity index (χ4n) is 11.7. The van der Waals surface area contributed by atoms with Gasteiger partial charge in [-0.25, -0.2) is 14.6 Å². The Kier molecular flexibility index (Phi) is 27.8. The molecule has 0 unspecified atom stereocenters. The molecular formula is C63H96N8O10S. The fraction of sp³-hybridized carbons (Fsp3) is 0.635. The molecule has 0 bridgehead atoms. The summed E-state index contributed by atoms with van der Waals surface area (Å²) in [6, 6.07) is 13.9. The summed E-state index contributed by atoms with van der Waals surface area (Å²) in [6.07, 6.45) is 4.51. The lowest BCUT2D eigenvalue weighted by Crippen LogP contribution is -2.52. The quantitative estimate of drug-likeness (QED) is 0.0408. The summed E-state index contributed by atoms with van der Waals surface area (Å²) in [7, 11) is 4.90. The highest BCUT2D eigenvalue weighted by molar-refractivity contribution is 7.09. The zero-order valence-corrected chi connectivity index (χ0v) is 51.9. The number of nitrogens with one attached hydrogen (secondary N) is 2. The molecule has 18 nitrogen and oxygen atoms in total. The minimum absolute atomic E-state index is 0.0121. The van der Waals surface area contributed by atoms with Crippen molar-refractivity contribution in [2.24, 2.45) is 58.8 Å². The Morgan fingerprint density at radius 3 is 2.04 bits per heavy atom. The molecule has 2 heterocycles. The molecule has 1 aliphatic heterocycles. The van der Waals surface area contributed by atoms with Crippen molar-refractivity contribution in [3.8, 4) is 0 Å². The molecule has 0 radical (unpaired) electrons. The van der Waals surface area contributed by atoms with Gasteiger partial charge in [0.1, 0.15) is 12.4 Å². The Labute approximate surface area is 491 Å². The van der Waals surface area contributed by atoms with Crippen LogP contribution in [0.5, 0.6) is 0 Å². The first-order valence-corrected chi connectivity index (χ1v) is 30.4. The lowest BCUT2D eigenvalue weighted by Gasteiger charge is -2.40. The summed E-state index contributed by atoms with van der Waals surface area (Å²) in [5, 5.41) is 8.22. The van der Waals surface area contributed by atoms with Crippen molar-refractivity contribution in [3.05, 3.63) is 82.3 Å². The standard InChI is InChI=1S/C63H96N8O10S/c1-14-41(8)57(42(9)32-54(75)71-30-19-23-50(71)58(80-13)43(10)51(72)35-47(60-66-29-31-82-60)33-44-20-16-15-17-21-44)69(11)61(77)49(38(2)3)36-53(74)56(40(6)7)70(12)63(79)81-37-45-24-26-48(27-25-45)68-59(76)46(22-18-28-67-62(65)78)34-52(73)55(64)39(4)5/h15-17,20-21,24-27,29,31,38-43,46-47,49-50,55-58H,14,18-19,22-23,28,30,32-37,64H2,1-13H3,(H,68,76)(H3,65,67,78)/t41-,42+,43-,46+,47+,49-,50-,55-,56-,57-,58+/m0/s1. The van der Waals surface area contributed by atoms with Crippen molar-refractivity contribution in [2.45, 2.75) is 176 Å². The SMILES string of the molecule is CC[C@H](C)[C@@H]([C@H](C)CC(=O)N1CCC[C@H]1[C@H](OC)[C@@H](C)C(=O)C[C@@H](Cc1ccccc1)c1nccs1)N(C)C(=O)[C@@H](CC(=O)[C@H](C(C)C)N(C)C(=O)OCc1ccc(NC(=O)[C@H](CCCNC(N)=O)CC(=O)[C@@H](N)C(C)C)cc1)C(C)C. The number of likely N-dealkylation sites (N-methyl/N-ethyl adjacent to an activating group) is 1. The molecule has 19 heteroatoms. The van der Waals surface area contributed by atoms with Gasteiger partial charge in [-0.15, -0.1) is 11.3 Å². The highest BCUT2D eigenvalue weighted by Gasteiger charge is 2.43. The van der Waals surface area contributed by atoms with Crippen LogP contribution in [0.1, 0.15) is 149 Å². The van der Waals surface area contributed by atoms with Crippen LogP contribution in [0, 0.1) is 47.3 Å². The Morgan fingerprint density at radius 2 is 1.46 bits per heavy atom. The Hall–Kier alpha value is -6.05. The molecule has 0 aliphatic carbocycles. The van der Waals surface area contributed by atoms with Crippen molar-refractivity contribution in [3.63, 3.8) is 0 Å². The van der Waals surface area contributed by atoms with Gasteiger partial charge in [-0.3, -0.25) is 28.8 Å². The summed E-state index contributed by atoms with van der Waals surface area (Å²) in [6.45, 7) is 19.9. The number of hydrogen-bond donors (Lipinski definition) is 4. The molecule has 0 spiro atoms. The van der Waals surface area contributed by atoms with E-state index >= 15 is 0 Å². The molecule has 1 saturated heterocycles. The molecule has 11 atom stereocenters. The van der Waals surface area contributed by atoms with Crippen molar-refractivity contribution < 1.29 is 47.8 Å². The normalized spacial score (nSPS) is 17.2. The Bertz CT molecular complexity index is 2530. The van der Waals surface area contributed by atoms with Crippen LogP contribution in [0.4, 0.5) is 15.3 Å². The molecule has 3 aromatic rings. The van der Waals surface area contributed by atoms with Gasteiger partial charge in [0.2, 0.25) is 17.7 Å². The van der Waals surface area contributed by atoms with E-state index in [0.29, 0.717) is 49.9 Å². The molecular weight excluding hydrogens is 1060 g/mol. The van der Waals surface area contributed by atoms with E-state index in [1.165, 1.54) is 11.9 Å². The topological polar surface area (TPSA) is 254 Å². The fourth-order valence-corrected chi connectivity index (χ4v) is 12.5. The number of urea groups is 1. The van der Waals surface area contributed by atoms with Crippen LogP contribution in [0.15, 0.2) is 66.2 Å². The number of amides is 6. The Morgan fingerprint density at radius 1 is 0.793 bits per heavy atom. The number of aromatic nitrogens is 1. The van der Waals surface area contributed by atoms with E-state index in [9.17, 15) is 38.4 Å².